The molecule has 96 valence electrons. The molecule has 0 spiro atoms. The van der Waals surface area contributed by atoms with Gasteiger partial charge in [-0.25, -0.2) is 0 Å². The van der Waals surface area contributed by atoms with Crippen molar-refractivity contribution in [2.45, 2.75) is 0 Å². The van der Waals surface area contributed by atoms with Gasteiger partial charge in [0.15, 0.2) is 0 Å². The topological polar surface area (TPSA) is 35.8 Å². The van der Waals surface area contributed by atoms with Crippen LogP contribution in [0, 0.1) is 11.3 Å². The summed E-state index contributed by atoms with van der Waals surface area (Å²) in [4.78, 5) is 0. The fourth-order valence-electron chi connectivity index (χ4n) is 2.04. The van der Waals surface area contributed by atoms with Gasteiger partial charge in [-0.05, 0) is 17.7 Å². The van der Waals surface area contributed by atoms with Crippen LogP contribution in [0.1, 0.15) is 5.56 Å². The number of nitrogens with zero attached hydrogens (tertiary/aromatic N) is 1. The summed E-state index contributed by atoms with van der Waals surface area (Å²) in [5, 5.41) is 15.7. The lowest BCUT2D eigenvalue weighted by Crippen LogP contribution is -1.89. The Morgan fingerprint density at radius 2 is 1.55 bits per heavy atom. The van der Waals surface area contributed by atoms with Crippen LogP contribution in [0.2, 0.25) is 0 Å². The Kier molecular flexibility index (Phi) is 3.49. The Balaban J connectivity index is 1.99. The van der Waals surface area contributed by atoms with E-state index in [1.165, 1.54) is 0 Å². The number of para-hydroxylation sites is 1. The standard InChI is InChI=1S/C17H12N2S/c18-11-15-16(13-7-3-1-4-8-13)12-20-17(15)19-14-9-5-2-6-10-14/h1-10,12,19H. The zero-order valence-corrected chi connectivity index (χ0v) is 11.5. The van der Waals surface area contributed by atoms with Crippen LogP contribution in [-0.2, 0) is 0 Å². The fourth-order valence-corrected chi connectivity index (χ4v) is 2.98. The van der Waals surface area contributed by atoms with Crippen molar-refractivity contribution < 1.29 is 0 Å². The van der Waals surface area contributed by atoms with E-state index < -0.39 is 0 Å². The van der Waals surface area contributed by atoms with Crippen LogP contribution in [0.15, 0.2) is 66.0 Å². The summed E-state index contributed by atoms with van der Waals surface area (Å²) in [6.07, 6.45) is 0. The summed E-state index contributed by atoms with van der Waals surface area (Å²) in [5.41, 5.74) is 3.74. The Hall–Kier alpha value is -2.57. The molecule has 0 saturated heterocycles. The van der Waals surface area contributed by atoms with Gasteiger partial charge in [0, 0.05) is 16.6 Å². The normalized spacial score (nSPS) is 9.95. The van der Waals surface area contributed by atoms with Crippen molar-refractivity contribution in [1.82, 2.24) is 0 Å². The van der Waals surface area contributed by atoms with E-state index in [9.17, 15) is 5.26 Å². The average molecular weight is 276 g/mol. The van der Waals surface area contributed by atoms with Gasteiger partial charge < -0.3 is 5.32 Å². The van der Waals surface area contributed by atoms with E-state index >= 15 is 0 Å². The summed E-state index contributed by atoms with van der Waals surface area (Å²) in [7, 11) is 0. The van der Waals surface area contributed by atoms with E-state index in [2.05, 4.69) is 11.4 Å². The highest BCUT2D eigenvalue weighted by atomic mass is 32.1. The van der Waals surface area contributed by atoms with Gasteiger partial charge in [0.25, 0.3) is 0 Å². The number of anilines is 2. The first kappa shape index (κ1) is 12.5. The summed E-state index contributed by atoms with van der Waals surface area (Å²) in [6.45, 7) is 0. The van der Waals surface area contributed by atoms with Crippen LogP contribution in [0.25, 0.3) is 11.1 Å². The zero-order chi connectivity index (χ0) is 13.8. The van der Waals surface area contributed by atoms with Gasteiger partial charge in [-0.15, -0.1) is 11.3 Å². The highest BCUT2D eigenvalue weighted by Crippen LogP contribution is 2.36. The van der Waals surface area contributed by atoms with E-state index in [-0.39, 0.29) is 0 Å². The van der Waals surface area contributed by atoms with E-state index in [4.69, 9.17) is 0 Å². The maximum atomic E-state index is 9.44. The number of benzene rings is 2. The first-order valence-corrected chi connectivity index (χ1v) is 7.15. The zero-order valence-electron chi connectivity index (χ0n) is 10.7. The lowest BCUT2D eigenvalue weighted by Gasteiger charge is -2.04. The molecule has 0 radical (unpaired) electrons. The molecular weight excluding hydrogens is 264 g/mol. The van der Waals surface area contributed by atoms with Crippen LogP contribution >= 0.6 is 11.3 Å². The minimum atomic E-state index is 0.699. The summed E-state index contributed by atoms with van der Waals surface area (Å²) >= 11 is 1.56. The molecule has 2 nitrogen and oxygen atoms in total. The second-order valence-electron chi connectivity index (χ2n) is 4.32. The maximum Gasteiger partial charge on any atom is 0.111 e. The summed E-state index contributed by atoms with van der Waals surface area (Å²) < 4.78 is 0. The van der Waals surface area contributed by atoms with Gasteiger partial charge in [0.1, 0.15) is 11.1 Å². The molecule has 1 aromatic heterocycles. The minimum absolute atomic E-state index is 0.699. The maximum absolute atomic E-state index is 9.44. The third kappa shape index (κ3) is 2.42. The molecule has 3 rings (SSSR count). The number of nitriles is 1. The monoisotopic (exact) mass is 276 g/mol. The number of hydrogen-bond acceptors (Lipinski definition) is 3. The Bertz CT molecular complexity index is 740. The molecule has 0 unspecified atom stereocenters. The summed E-state index contributed by atoms with van der Waals surface area (Å²) in [6, 6.07) is 22.2. The molecule has 1 N–H and O–H groups in total. The molecule has 0 saturated carbocycles. The second kappa shape index (κ2) is 5.60. The highest BCUT2D eigenvalue weighted by molar-refractivity contribution is 7.15. The van der Waals surface area contributed by atoms with Gasteiger partial charge in [0.05, 0.1) is 5.56 Å². The van der Waals surface area contributed by atoms with Crippen molar-refractivity contribution in [2.24, 2.45) is 0 Å². The first-order valence-electron chi connectivity index (χ1n) is 6.27. The van der Waals surface area contributed by atoms with Crippen LogP contribution in [-0.4, -0.2) is 0 Å². The lowest BCUT2D eigenvalue weighted by molar-refractivity contribution is 1.49. The molecule has 0 atom stereocenters. The smallest absolute Gasteiger partial charge is 0.111 e. The molecule has 3 heteroatoms. The van der Waals surface area contributed by atoms with Crippen molar-refractivity contribution in [2.75, 3.05) is 5.32 Å². The van der Waals surface area contributed by atoms with Crippen molar-refractivity contribution in [3.8, 4) is 17.2 Å². The number of nitrogens with one attached hydrogen (secondary N) is 1. The quantitative estimate of drug-likeness (QED) is 0.728. The third-order valence-electron chi connectivity index (χ3n) is 3.02. The van der Waals surface area contributed by atoms with Gasteiger partial charge >= 0.3 is 0 Å². The van der Waals surface area contributed by atoms with Gasteiger partial charge in [-0.2, -0.15) is 5.26 Å². The minimum Gasteiger partial charge on any atom is -0.346 e. The number of thiophene rings is 1. The number of rotatable bonds is 3. The van der Waals surface area contributed by atoms with Crippen LogP contribution in [0.3, 0.4) is 0 Å². The van der Waals surface area contributed by atoms with Crippen molar-refractivity contribution >= 4 is 22.0 Å². The van der Waals surface area contributed by atoms with E-state index in [1.807, 2.05) is 66.0 Å². The SMILES string of the molecule is N#Cc1c(-c2ccccc2)csc1Nc1ccccc1. The molecule has 0 aliphatic heterocycles. The van der Waals surface area contributed by atoms with Crippen LogP contribution < -0.4 is 5.32 Å². The molecule has 0 bridgehead atoms. The molecule has 0 amide bonds. The van der Waals surface area contributed by atoms with Crippen molar-refractivity contribution in [1.29, 1.82) is 5.26 Å². The van der Waals surface area contributed by atoms with Gasteiger partial charge in [0.2, 0.25) is 0 Å². The Morgan fingerprint density at radius 3 is 2.20 bits per heavy atom. The largest absolute Gasteiger partial charge is 0.346 e. The fraction of sp³-hybridized carbons (Fsp3) is 0. The highest BCUT2D eigenvalue weighted by Gasteiger charge is 2.12. The molecule has 3 aromatic rings. The molecule has 1 heterocycles. The molecule has 2 aromatic carbocycles. The molecule has 20 heavy (non-hydrogen) atoms. The predicted molar refractivity (Wildman–Crippen MR) is 84.2 cm³/mol. The Labute approximate surface area is 121 Å². The molecule has 0 aliphatic carbocycles. The van der Waals surface area contributed by atoms with E-state index in [1.54, 1.807) is 11.3 Å². The molecule has 0 aliphatic rings. The van der Waals surface area contributed by atoms with Crippen LogP contribution in [0.5, 0.6) is 0 Å². The predicted octanol–water partition coefficient (Wildman–Crippen LogP) is 5.03. The second-order valence-corrected chi connectivity index (χ2v) is 5.20. The first-order chi connectivity index (χ1) is 9.88. The van der Waals surface area contributed by atoms with Gasteiger partial charge in [-0.3, -0.25) is 0 Å². The molecule has 0 fully saturated rings. The third-order valence-corrected chi connectivity index (χ3v) is 3.91. The average Bonchev–Trinajstić information content (AvgIpc) is 2.92. The van der Waals surface area contributed by atoms with E-state index in [0.717, 1.165) is 21.8 Å². The number of hydrogen-bond donors (Lipinski definition) is 1. The molecular formula is C17H12N2S. The van der Waals surface area contributed by atoms with Crippen LogP contribution in [0.4, 0.5) is 10.7 Å². The summed E-state index contributed by atoms with van der Waals surface area (Å²) in [5.74, 6) is 0. The van der Waals surface area contributed by atoms with Crippen molar-refractivity contribution in [3.63, 3.8) is 0 Å². The van der Waals surface area contributed by atoms with Crippen molar-refractivity contribution in [3.05, 3.63) is 71.6 Å². The lowest BCUT2D eigenvalue weighted by atomic mass is 10.1. The Morgan fingerprint density at radius 1 is 0.900 bits per heavy atom. The van der Waals surface area contributed by atoms with E-state index in [0.29, 0.717) is 5.56 Å². The van der Waals surface area contributed by atoms with Gasteiger partial charge in [-0.1, -0.05) is 48.5 Å².